The first-order valence-electron chi connectivity index (χ1n) is 17.3. The highest BCUT2D eigenvalue weighted by molar-refractivity contribution is 7.87. The van der Waals surface area contributed by atoms with Crippen molar-refractivity contribution in [2.24, 2.45) is 9.03 Å². The summed E-state index contributed by atoms with van der Waals surface area (Å²) in [5, 5.41) is 7.60. The Labute approximate surface area is 284 Å². The van der Waals surface area contributed by atoms with Crippen LogP contribution in [0.15, 0.2) is 57.6 Å². The van der Waals surface area contributed by atoms with Crippen molar-refractivity contribution in [3.63, 3.8) is 0 Å². The second kappa shape index (κ2) is 16.1. The average Bonchev–Trinajstić information content (AvgIpc) is 3.13. The Bertz CT molecular complexity index is 1470. The summed E-state index contributed by atoms with van der Waals surface area (Å²) in [6, 6.07) is 13.9. The summed E-state index contributed by atoms with van der Waals surface area (Å²) in [6.07, 6.45) is 7.71. The number of carbonyl (C=O) groups excluding carboxylic acids is 2. The second-order valence-corrected chi connectivity index (χ2v) is 20.1. The van der Waals surface area contributed by atoms with Gasteiger partial charge in [0.2, 0.25) is 7.51 Å². The standard InChI is InChI=1S/C32H49N7O6P3/c1-3-5-25-42-31(40)27-11-15-29(16-12-27)44-48(45-30-17-13-28(14-18-30)32(41)43-26-6-4-2)36-46-33-19-9-23-38(46)21-7-8-22-39-24-10-20-34-47(39,35-46)37-48/h11-18,33-34,36H,3-10,19-26H2,1-2H3/q+1/t46-,47?/m0/s1. The van der Waals surface area contributed by atoms with Crippen molar-refractivity contribution in [1.29, 1.82) is 0 Å². The van der Waals surface area contributed by atoms with Gasteiger partial charge in [0.15, 0.2) is 0 Å². The van der Waals surface area contributed by atoms with Gasteiger partial charge >= 0.3 is 27.5 Å². The molecule has 2 atom stereocenters. The molecule has 4 aliphatic heterocycles. The Balaban J connectivity index is 1.39. The molecule has 2 aromatic carbocycles. The highest BCUT2D eigenvalue weighted by atomic mass is 31.3. The lowest BCUT2D eigenvalue weighted by Crippen LogP contribution is -2.45. The fourth-order valence-corrected chi connectivity index (χ4v) is 19.1. The Morgan fingerprint density at radius 3 is 1.90 bits per heavy atom. The third-order valence-corrected chi connectivity index (χ3v) is 19.3. The topological polar surface area (TPSA) is 138 Å². The molecule has 3 N–H and O–H groups in total. The maximum absolute atomic E-state index is 12.6. The first-order valence-corrected chi connectivity index (χ1v) is 22.2. The quantitative estimate of drug-likeness (QED) is 0.113. The summed E-state index contributed by atoms with van der Waals surface area (Å²) >= 11 is 0. The molecule has 2 fully saturated rings. The van der Waals surface area contributed by atoms with Crippen LogP contribution >= 0.6 is 23.0 Å². The molecule has 16 heteroatoms. The van der Waals surface area contributed by atoms with Crippen molar-refractivity contribution in [3.8, 4) is 11.5 Å². The van der Waals surface area contributed by atoms with Gasteiger partial charge in [-0.2, -0.15) is 4.86 Å². The number of nitrogens with one attached hydrogen (secondary N) is 3. The minimum absolute atomic E-state index is 0.361. The van der Waals surface area contributed by atoms with Crippen molar-refractivity contribution in [1.82, 2.24) is 24.4 Å². The summed E-state index contributed by atoms with van der Waals surface area (Å²) in [5.74, 6) is 0.309. The van der Waals surface area contributed by atoms with Crippen LogP contribution in [0.2, 0.25) is 0 Å². The monoisotopic (exact) mass is 720 g/mol. The lowest BCUT2D eigenvalue weighted by molar-refractivity contribution is 0.0490. The number of unbranched alkanes of at least 4 members (excludes halogenated alkanes) is 2. The maximum atomic E-state index is 12.6. The van der Waals surface area contributed by atoms with Crippen molar-refractivity contribution in [3.05, 3.63) is 59.7 Å². The lowest BCUT2D eigenvalue weighted by Gasteiger charge is -2.45. The first-order chi connectivity index (χ1) is 23.4. The Kier molecular flexibility index (Phi) is 11.9. The number of benzene rings is 2. The van der Waals surface area contributed by atoms with Gasteiger partial charge in [0.25, 0.3) is 0 Å². The van der Waals surface area contributed by atoms with E-state index < -0.39 is 23.0 Å². The zero-order chi connectivity index (χ0) is 33.5. The van der Waals surface area contributed by atoms with Crippen molar-refractivity contribution >= 4 is 35.0 Å². The normalized spacial score (nSPS) is 25.4. The molecule has 2 saturated heterocycles. The second-order valence-electron chi connectivity index (χ2n) is 12.3. The van der Waals surface area contributed by atoms with Gasteiger partial charge in [-0.3, -0.25) is 5.09 Å². The number of hydrogen-bond acceptors (Lipinski definition) is 13. The van der Waals surface area contributed by atoms with E-state index in [0.717, 1.165) is 90.6 Å². The number of hydrogen-bond donors (Lipinski definition) is 3. The summed E-state index contributed by atoms with van der Waals surface area (Å²) in [7, 11) is -8.57. The highest BCUT2D eigenvalue weighted by Gasteiger charge is 2.61. The molecule has 0 amide bonds. The van der Waals surface area contributed by atoms with Crippen LogP contribution in [0.4, 0.5) is 0 Å². The van der Waals surface area contributed by atoms with Gasteiger partial charge in [-0.1, -0.05) is 26.7 Å². The minimum atomic E-state index is -3.36. The molecular weight excluding hydrogens is 671 g/mol. The third-order valence-electron chi connectivity index (χ3n) is 8.59. The van der Waals surface area contributed by atoms with Crippen molar-refractivity contribution in [2.45, 2.75) is 65.2 Å². The summed E-state index contributed by atoms with van der Waals surface area (Å²) in [6.45, 7) is 10.2. The number of ether oxygens (including phenoxy) is 2. The summed E-state index contributed by atoms with van der Waals surface area (Å²) < 4.78 is 40.7. The van der Waals surface area contributed by atoms with Crippen LogP contribution in [-0.2, 0) is 9.47 Å². The molecule has 6 rings (SSSR count). The molecule has 2 aromatic rings. The Morgan fingerprint density at radius 1 is 0.750 bits per heavy atom. The van der Waals surface area contributed by atoms with E-state index in [9.17, 15) is 9.59 Å². The van der Waals surface area contributed by atoms with E-state index in [1.807, 2.05) is 0 Å². The number of rotatable bonds is 12. The smallest absolute Gasteiger partial charge is 0.442 e. The third kappa shape index (κ3) is 8.17. The molecule has 48 heavy (non-hydrogen) atoms. The molecule has 2 spiro atoms. The molecule has 0 radical (unpaired) electrons. The van der Waals surface area contributed by atoms with Gasteiger partial charge in [-0.25, -0.2) is 14.3 Å². The molecule has 0 aromatic heterocycles. The van der Waals surface area contributed by atoms with Gasteiger partial charge in [-0.05, 0) is 91.6 Å². The maximum Gasteiger partial charge on any atom is 0.442 e. The fourth-order valence-electron chi connectivity index (χ4n) is 5.98. The molecular formula is C32H49N7O6P3+. The van der Waals surface area contributed by atoms with Crippen LogP contribution in [0.5, 0.6) is 11.5 Å². The van der Waals surface area contributed by atoms with Crippen LogP contribution in [0.3, 0.4) is 0 Å². The van der Waals surface area contributed by atoms with E-state index in [4.69, 9.17) is 27.6 Å². The first kappa shape index (κ1) is 35.5. The Hall–Kier alpha value is -2.33. The average molecular weight is 721 g/mol. The Morgan fingerprint density at radius 2 is 1.29 bits per heavy atom. The van der Waals surface area contributed by atoms with Crippen LogP contribution in [0.1, 0.15) is 85.9 Å². The molecule has 262 valence electrons. The van der Waals surface area contributed by atoms with Gasteiger partial charge in [0.05, 0.1) is 24.3 Å². The molecule has 1 unspecified atom stereocenters. The fraction of sp³-hybridized carbons (Fsp3) is 0.562. The van der Waals surface area contributed by atoms with Crippen LogP contribution in [0, 0.1) is 0 Å². The van der Waals surface area contributed by atoms with Gasteiger partial charge in [0, 0.05) is 43.8 Å². The molecule has 4 heterocycles. The van der Waals surface area contributed by atoms with E-state index in [2.05, 4.69) is 38.2 Å². The van der Waals surface area contributed by atoms with Gasteiger partial charge < -0.3 is 18.5 Å². The largest absolute Gasteiger partial charge is 0.462 e. The highest BCUT2D eigenvalue weighted by Crippen LogP contribution is 2.80. The predicted octanol–water partition coefficient (Wildman–Crippen LogP) is 7.62. The zero-order valence-corrected chi connectivity index (χ0v) is 30.7. The molecule has 0 saturated carbocycles. The molecule has 2 bridgehead atoms. The van der Waals surface area contributed by atoms with Crippen LogP contribution < -0.4 is 24.1 Å². The number of carbonyl (C=O) groups is 2. The SMILES string of the molecule is CCCCOC(=O)c1ccc(OP2(Oc3ccc(C(=O)OCCCC)cc3)=N[P+]34N=[P@@]5(NCCCN5CCCCN3CCCN4)N2)cc1. The van der Waals surface area contributed by atoms with Crippen LogP contribution in [0.25, 0.3) is 0 Å². The minimum Gasteiger partial charge on any atom is -0.462 e. The van der Waals surface area contributed by atoms with E-state index in [1.54, 1.807) is 48.5 Å². The number of nitrogens with zero attached hydrogens (tertiary/aromatic N) is 4. The zero-order valence-electron chi connectivity index (χ0n) is 28.0. The molecule has 4 aliphatic rings. The lowest BCUT2D eigenvalue weighted by atomic mass is 10.2. The van der Waals surface area contributed by atoms with Crippen molar-refractivity contribution in [2.75, 3.05) is 52.5 Å². The molecule has 13 nitrogen and oxygen atoms in total. The van der Waals surface area contributed by atoms with E-state index >= 15 is 0 Å². The summed E-state index contributed by atoms with van der Waals surface area (Å²) in [4.78, 5) is 29.1. The van der Waals surface area contributed by atoms with E-state index in [1.165, 1.54) is 0 Å². The van der Waals surface area contributed by atoms with Crippen molar-refractivity contribution < 1.29 is 28.1 Å². The predicted molar refractivity (Wildman–Crippen MR) is 191 cm³/mol. The molecule has 0 aliphatic carbocycles. The van der Waals surface area contributed by atoms with Crippen LogP contribution in [-0.4, -0.2) is 73.8 Å². The summed E-state index contributed by atoms with van der Waals surface area (Å²) in [5.41, 5.74) is 0.909. The van der Waals surface area contributed by atoms with E-state index in [0.29, 0.717) is 35.8 Å². The van der Waals surface area contributed by atoms with Gasteiger partial charge in [-0.15, -0.1) is 9.76 Å². The van der Waals surface area contributed by atoms with Gasteiger partial charge in [0.1, 0.15) is 11.5 Å². The van der Waals surface area contributed by atoms with E-state index in [-0.39, 0.29) is 11.9 Å². The number of esters is 2.